The molecule has 1 aromatic carbocycles. The minimum Gasteiger partial charge on any atom is -0.493 e. The summed E-state index contributed by atoms with van der Waals surface area (Å²) in [4.78, 5) is 4.28. The van der Waals surface area contributed by atoms with Crippen molar-refractivity contribution in [3.8, 4) is 22.6 Å². The van der Waals surface area contributed by atoms with Crippen molar-refractivity contribution in [1.82, 2.24) is 14.6 Å². The van der Waals surface area contributed by atoms with Crippen LogP contribution in [0, 0.1) is 0 Å². The van der Waals surface area contributed by atoms with Gasteiger partial charge in [0.05, 0.1) is 14.2 Å². The van der Waals surface area contributed by atoms with Gasteiger partial charge >= 0.3 is 0 Å². The van der Waals surface area contributed by atoms with Crippen LogP contribution in [0.25, 0.3) is 16.8 Å². The Bertz CT molecular complexity index is 722. The Morgan fingerprint density at radius 3 is 2.63 bits per heavy atom. The van der Waals surface area contributed by atoms with E-state index in [0.29, 0.717) is 11.5 Å². The van der Waals surface area contributed by atoms with Crippen molar-refractivity contribution in [1.29, 1.82) is 0 Å². The molecule has 0 radical (unpaired) electrons. The van der Waals surface area contributed by atoms with Crippen LogP contribution in [-0.4, -0.2) is 28.8 Å². The molecule has 0 fully saturated rings. The van der Waals surface area contributed by atoms with Crippen LogP contribution >= 0.6 is 0 Å². The number of fused-ring (bicyclic) bond motifs is 1. The molecule has 0 N–H and O–H groups in total. The first-order chi connectivity index (χ1) is 9.35. The molecule has 0 atom stereocenters. The highest BCUT2D eigenvalue weighted by Crippen LogP contribution is 2.38. The molecule has 0 amide bonds. The van der Waals surface area contributed by atoms with Gasteiger partial charge in [-0.2, -0.15) is 5.10 Å². The van der Waals surface area contributed by atoms with E-state index in [9.17, 15) is 0 Å². The van der Waals surface area contributed by atoms with Gasteiger partial charge < -0.3 is 9.47 Å². The lowest BCUT2D eigenvalue weighted by atomic mass is 10.1. The van der Waals surface area contributed by atoms with E-state index in [0.717, 1.165) is 16.8 Å². The number of para-hydroxylation sites is 1. The first kappa shape index (κ1) is 11.5. The monoisotopic (exact) mass is 255 g/mol. The fourth-order valence-corrected chi connectivity index (χ4v) is 2.16. The van der Waals surface area contributed by atoms with Gasteiger partial charge in [0.25, 0.3) is 0 Å². The Kier molecular flexibility index (Phi) is 2.79. The summed E-state index contributed by atoms with van der Waals surface area (Å²) >= 11 is 0. The smallest absolute Gasteiger partial charge is 0.168 e. The summed E-state index contributed by atoms with van der Waals surface area (Å²) in [6.07, 6.45) is 3.39. The van der Waals surface area contributed by atoms with E-state index >= 15 is 0 Å². The molecule has 0 unspecified atom stereocenters. The van der Waals surface area contributed by atoms with Crippen LogP contribution in [0.5, 0.6) is 11.5 Å². The summed E-state index contributed by atoms with van der Waals surface area (Å²) in [6, 6.07) is 9.69. The molecular formula is C14H13N3O2. The van der Waals surface area contributed by atoms with E-state index in [2.05, 4.69) is 10.1 Å². The summed E-state index contributed by atoms with van der Waals surface area (Å²) in [6.45, 7) is 0. The van der Waals surface area contributed by atoms with Crippen LogP contribution in [-0.2, 0) is 0 Å². The summed E-state index contributed by atoms with van der Waals surface area (Å²) in [7, 11) is 3.25. The zero-order valence-electron chi connectivity index (χ0n) is 10.7. The van der Waals surface area contributed by atoms with Crippen LogP contribution in [0.2, 0.25) is 0 Å². The van der Waals surface area contributed by atoms with Crippen molar-refractivity contribution >= 4 is 5.65 Å². The standard InChI is InChI=1S/C14H13N3O2/c1-18-12-7-3-5-10(13(12)19-2)11-6-4-8-17-14(11)15-9-16-17/h3-9H,1-2H3. The van der Waals surface area contributed by atoms with Crippen molar-refractivity contribution in [2.75, 3.05) is 14.2 Å². The van der Waals surface area contributed by atoms with E-state index in [1.165, 1.54) is 6.33 Å². The molecule has 2 aromatic heterocycles. The van der Waals surface area contributed by atoms with Gasteiger partial charge in [-0.05, 0) is 18.2 Å². The molecule has 3 aromatic rings. The van der Waals surface area contributed by atoms with Gasteiger partial charge in [0, 0.05) is 17.3 Å². The Labute approximate surface area is 110 Å². The van der Waals surface area contributed by atoms with Gasteiger partial charge in [0.1, 0.15) is 6.33 Å². The molecule has 19 heavy (non-hydrogen) atoms. The number of aromatic nitrogens is 3. The highest BCUT2D eigenvalue weighted by Gasteiger charge is 2.14. The highest BCUT2D eigenvalue weighted by atomic mass is 16.5. The molecule has 96 valence electrons. The number of ether oxygens (including phenoxy) is 2. The second kappa shape index (κ2) is 4.61. The van der Waals surface area contributed by atoms with Crippen molar-refractivity contribution in [2.24, 2.45) is 0 Å². The van der Waals surface area contributed by atoms with Crippen LogP contribution in [0.4, 0.5) is 0 Å². The molecular weight excluding hydrogens is 242 g/mol. The quantitative estimate of drug-likeness (QED) is 0.721. The van der Waals surface area contributed by atoms with Crippen LogP contribution < -0.4 is 9.47 Å². The lowest BCUT2D eigenvalue weighted by Gasteiger charge is -2.12. The second-order valence-electron chi connectivity index (χ2n) is 3.99. The molecule has 0 aliphatic heterocycles. The Balaban J connectivity index is 2.30. The molecule has 3 rings (SSSR count). The van der Waals surface area contributed by atoms with Gasteiger partial charge in [-0.15, -0.1) is 0 Å². The Hall–Kier alpha value is -2.56. The number of pyridine rings is 1. The van der Waals surface area contributed by atoms with Crippen LogP contribution in [0.3, 0.4) is 0 Å². The molecule has 5 heteroatoms. The van der Waals surface area contributed by atoms with Crippen molar-refractivity contribution in [2.45, 2.75) is 0 Å². The number of rotatable bonds is 3. The van der Waals surface area contributed by atoms with Crippen LogP contribution in [0.1, 0.15) is 0 Å². The van der Waals surface area contributed by atoms with Gasteiger partial charge in [-0.25, -0.2) is 9.50 Å². The van der Waals surface area contributed by atoms with Crippen LogP contribution in [0.15, 0.2) is 42.9 Å². The maximum absolute atomic E-state index is 5.46. The molecule has 0 saturated carbocycles. The fourth-order valence-electron chi connectivity index (χ4n) is 2.16. The lowest BCUT2D eigenvalue weighted by Crippen LogP contribution is -1.95. The topological polar surface area (TPSA) is 48.7 Å². The van der Waals surface area contributed by atoms with Gasteiger partial charge in [-0.3, -0.25) is 0 Å². The lowest BCUT2D eigenvalue weighted by molar-refractivity contribution is 0.356. The van der Waals surface area contributed by atoms with Crippen molar-refractivity contribution in [3.05, 3.63) is 42.9 Å². The average molecular weight is 255 g/mol. The third-order valence-corrected chi connectivity index (χ3v) is 3.00. The summed E-state index contributed by atoms with van der Waals surface area (Å²) in [5, 5.41) is 4.14. The predicted molar refractivity (Wildman–Crippen MR) is 71.5 cm³/mol. The third-order valence-electron chi connectivity index (χ3n) is 3.00. The SMILES string of the molecule is COc1cccc(-c2cccn3ncnc23)c1OC. The molecule has 0 bridgehead atoms. The predicted octanol–water partition coefficient (Wildman–Crippen LogP) is 2.41. The number of hydrogen-bond donors (Lipinski definition) is 0. The fraction of sp³-hybridized carbons (Fsp3) is 0.143. The van der Waals surface area contributed by atoms with E-state index < -0.39 is 0 Å². The number of nitrogens with zero attached hydrogens (tertiary/aromatic N) is 3. The number of hydrogen-bond acceptors (Lipinski definition) is 4. The second-order valence-corrected chi connectivity index (χ2v) is 3.99. The Morgan fingerprint density at radius 1 is 1.00 bits per heavy atom. The first-order valence-electron chi connectivity index (χ1n) is 5.85. The van der Waals surface area contributed by atoms with Crippen molar-refractivity contribution < 1.29 is 9.47 Å². The molecule has 0 aliphatic rings. The minimum absolute atomic E-state index is 0.695. The number of benzene rings is 1. The van der Waals surface area contributed by atoms with Gasteiger partial charge in [0.2, 0.25) is 0 Å². The van der Waals surface area contributed by atoms with E-state index in [-0.39, 0.29) is 0 Å². The molecule has 0 aliphatic carbocycles. The van der Waals surface area contributed by atoms with Gasteiger partial charge in [0.15, 0.2) is 17.1 Å². The zero-order chi connectivity index (χ0) is 13.2. The van der Waals surface area contributed by atoms with E-state index in [4.69, 9.17) is 9.47 Å². The largest absolute Gasteiger partial charge is 0.493 e. The molecule has 0 spiro atoms. The summed E-state index contributed by atoms with van der Waals surface area (Å²) in [5.41, 5.74) is 2.67. The normalized spacial score (nSPS) is 10.6. The molecule has 2 heterocycles. The Morgan fingerprint density at radius 2 is 1.84 bits per heavy atom. The zero-order valence-corrected chi connectivity index (χ0v) is 10.7. The highest BCUT2D eigenvalue weighted by molar-refractivity contribution is 5.82. The van der Waals surface area contributed by atoms with Gasteiger partial charge in [-0.1, -0.05) is 12.1 Å². The van der Waals surface area contributed by atoms with E-state index in [1.54, 1.807) is 18.7 Å². The first-order valence-corrected chi connectivity index (χ1v) is 5.85. The molecule has 5 nitrogen and oxygen atoms in total. The minimum atomic E-state index is 0.695. The van der Waals surface area contributed by atoms with E-state index in [1.807, 2.05) is 36.5 Å². The molecule has 0 saturated heterocycles. The maximum Gasteiger partial charge on any atom is 0.168 e. The number of methoxy groups -OCH3 is 2. The summed E-state index contributed by atoms with van der Waals surface area (Å²) < 4.78 is 12.5. The summed E-state index contributed by atoms with van der Waals surface area (Å²) in [5.74, 6) is 1.39. The van der Waals surface area contributed by atoms with Crippen molar-refractivity contribution in [3.63, 3.8) is 0 Å². The maximum atomic E-state index is 5.46. The average Bonchev–Trinajstić information content (AvgIpc) is 2.94. The third kappa shape index (κ3) is 1.79.